The average Bonchev–Trinajstić information content (AvgIpc) is 3.17. The van der Waals surface area contributed by atoms with Crippen molar-refractivity contribution < 1.29 is 9.53 Å². The maximum absolute atomic E-state index is 11.7. The Morgan fingerprint density at radius 1 is 1.10 bits per heavy atom. The Morgan fingerprint density at radius 2 is 1.87 bits per heavy atom. The van der Waals surface area contributed by atoms with Gasteiger partial charge in [0.1, 0.15) is 5.75 Å². The highest BCUT2D eigenvalue weighted by atomic mass is 16.5. The fourth-order valence-corrected chi connectivity index (χ4v) is 5.01. The van der Waals surface area contributed by atoms with Crippen molar-refractivity contribution in [2.45, 2.75) is 33.2 Å². The maximum Gasteiger partial charge on any atom is 0.219 e. The minimum absolute atomic E-state index is 0.205. The highest BCUT2D eigenvalue weighted by molar-refractivity contribution is 5.73. The second kappa shape index (κ2) is 9.61. The number of carbonyl (C=O) groups is 1. The number of ether oxygens (including phenoxy) is 1. The minimum atomic E-state index is 0.205. The van der Waals surface area contributed by atoms with Crippen LogP contribution in [0.2, 0.25) is 0 Å². The molecule has 0 N–H and O–H groups in total. The number of carbonyl (C=O) groups excluding carboxylic acids is 1. The molecule has 1 amide bonds. The normalized spacial score (nSPS) is 22.9. The van der Waals surface area contributed by atoms with Gasteiger partial charge in [0.05, 0.1) is 12.3 Å². The van der Waals surface area contributed by atoms with Crippen molar-refractivity contribution in [3.8, 4) is 5.75 Å². The van der Waals surface area contributed by atoms with Crippen molar-refractivity contribution in [2.75, 3.05) is 32.8 Å². The van der Waals surface area contributed by atoms with Gasteiger partial charge in [0.2, 0.25) is 5.91 Å². The first-order valence-electron chi connectivity index (χ1n) is 11.2. The van der Waals surface area contributed by atoms with E-state index in [2.05, 4.69) is 28.9 Å². The Hall–Kier alpha value is -2.40. The van der Waals surface area contributed by atoms with Gasteiger partial charge >= 0.3 is 0 Å². The first-order valence-corrected chi connectivity index (χ1v) is 11.2. The number of hydrogen-bond donors (Lipinski definition) is 0. The summed E-state index contributed by atoms with van der Waals surface area (Å²) in [4.78, 5) is 20.9. The van der Waals surface area contributed by atoms with Crippen molar-refractivity contribution in [1.82, 2.24) is 14.8 Å². The lowest BCUT2D eigenvalue weighted by molar-refractivity contribution is -0.130. The fraction of sp³-hybridized carbons (Fsp3) is 0.520. The molecule has 160 valence electrons. The second-order valence-electron chi connectivity index (χ2n) is 8.91. The van der Waals surface area contributed by atoms with Crippen LogP contribution in [0.3, 0.4) is 0 Å². The lowest BCUT2D eigenvalue weighted by atomic mass is 9.78. The van der Waals surface area contributed by atoms with Crippen LogP contribution in [-0.2, 0) is 11.3 Å². The lowest BCUT2D eigenvalue weighted by Crippen LogP contribution is -2.40. The van der Waals surface area contributed by atoms with Gasteiger partial charge in [-0.3, -0.25) is 14.7 Å². The Labute approximate surface area is 180 Å². The molecule has 5 heteroatoms. The molecule has 1 aromatic heterocycles. The van der Waals surface area contributed by atoms with Crippen LogP contribution in [0.4, 0.5) is 0 Å². The second-order valence-corrected chi connectivity index (χ2v) is 8.91. The number of piperidine rings is 1. The first kappa shape index (κ1) is 20.9. The molecule has 2 fully saturated rings. The molecule has 2 aliphatic heterocycles. The van der Waals surface area contributed by atoms with Gasteiger partial charge in [-0.2, -0.15) is 0 Å². The highest BCUT2D eigenvalue weighted by Crippen LogP contribution is 2.36. The molecule has 30 heavy (non-hydrogen) atoms. The summed E-state index contributed by atoms with van der Waals surface area (Å²) in [5.74, 6) is 2.91. The van der Waals surface area contributed by atoms with Crippen molar-refractivity contribution >= 4 is 5.91 Å². The van der Waals surface area contributed by atoms with Gasteiger partial charge in [0.25, 0.3) is 0 Å². The molecule has 2 saturated heterocycles. The van der Waals surface area contributed by atoms with Gasteiger partial charge in [-0.25, -0.2) is 0 Å². The lowest BCUT2D eigenvalue weighted by Gasteiger charge is -2.36. The van der Waals surface area contributed by atoms with E-state index < -0.39 is 0 Å². The summed E-state index contributed by atoms with van der Waals surface area (Å²) in [6.45, 7) is 9.31. The summed E-state index contributed by atoms with van der Waals surface area (Å²) in [5.41, 5.74) is 2.33. The van der Waals surface area contributed by atoms with Crippen molar-refractivity contribution in [3.05, 3.63) is 59.9 Å². The summed E-state index contributed by atoms with van der Waals surface area (Å²) in [5, 5.41) is 0. The molecular weight excluding hydrogens is 374 g/mol. The number of amides is 1. The number of likely N-dealkylation sites (tertiary alicyclic amines) is 2. The zero-order chi connectivity index (χ0) is 20.9. The van der Waals surface area contributed by atoms with Gasteiger partial charge in [0, 0.05) is 51.8 Å². The predicted molar refractivity (Wildman–Crippen MR) is 118 cm³/mol. The Bertz CT molecular complexity index is 816. The Kier molecular flexibility index (Phi) is 6.68. The van der Waals surface area contributed by atoms with E-state index in [1.54, 1.807) is 6.92 Å². The summed E-state index contributed by atoms with van der Waals surface area (Å²) in [6, 6.07) is 14.4. The summed E-state index contributed by atoms with van der Waals surface area (Å²) >= 11 is 0. The van der Waals surface area contributed by atoms with E-state index in [1.165, 1.54) is 5.56 Å². The number of benzene rings is 1. The van der Waals surface area contributed by atoms with Crippen molar-refractivity contribution in [2.24, 2.45) is 17.8 Å². The van der Waals surface area contributed by atoms with E-state index in [9.17, 15) is 4.79 Å². The molecule has 5 nitrogen and oxygen atoms in total. The first-order chi connectivity index (χ1) is 14.6. The fourth-order valence-electron chi connectivity index (χ4n) is 5.01. The topological polar surface area (TPSA) is 45.7 Å². The van der Waals surface area contributed by atoms with Gasteiger partial charge in [0.15, 0.2) is 0 Å². The van der Waals surface area contributed by atoms with E-state index in [-0.39, 0.29) is 5.91 Å². The quantitative estimate of drug-likeness (QED) is 0.731. The zero-order valence-electron chi connectivity index (χ0n) is 18.2. The SMILES string of the molecule is CC(=O)N1CCC([C@@H]2CN(Cc3ccc(C)cn3)C[C@H]2COc2ccccc2)CC1. The molecule has 1 aromatic carbocycles. The highest BCUT2D eigenvalue weighted by Gasteiger charge is 2.39. The Balaban J connectivity index is 1.41. The standard InChI is InChI=1S/C25H33N3O2/c1-19-8-9-23(26-14-19)16-27-15-22(18-30-24-6-4-3-5-7-24)25(17-27)21-10-12-28(13-11-21)20(2)29/h3-9,14,21-22,25H,10-13,15-18H2,1-2H3/t22-,25-/m0/s1. The van der Waals surface area contributed by atoms with Crippen LogP contribution in [0.25, 0.3) is 0 Å². The van der Waals surface area contributed by atoms with E-state index in [0.717, 1.165) is 63.6 Å². The molecule has 2 aliphatic rings. The van der Waals surface area contributed by atoms with Crippen LogP contribution in [-0.4, -0.2) is 53.5 Å². The van der Waals surface area contributed by atoms with E-state index >= 15 is 0 Å². The number of aromatic nitrogens is 1. The average molecular weight is 408 g/mol. The third kappa shape index (κ3) is 5.20. The van der Waals surface area contributed by atoms with Gasteiger partial charge in [-0.1, -0.05) is 24.3 Å². The summed E-state index contributed by atoms with van der Waals surface area (Å²) < 4.78 is 6.18. The monoisotopic (exact) mass is 407 g/mol. The molecule has 0 radical (unpaired) electrons. The third-order valence-corrected chi connectivity index (χ3v) is 6.72. The molecule has 4 rings (SSSR count). The van der Waals surface area contributed by atoms with E-state index in [1.807, 2.05) is 41.4 Å². The zero-order valence-corrected chi connectivity index (χ0v) is 18.2. The van der Waals surface area contributed by atoms with Crippen LogP contribution < -0.4 is 4.74 Å². The van der Waals surface area contributed by atoms with E-state index in [4.69, 9.17) is 4.74 Å². The maximum atomic E-state index is 11.7. The number of pyridine rings is 1. The largest absolute Gasteiger partial charge is 0.493 e. The van der Waals surface area contributed by atoms with Crippen LogP contribution in [0.1, 0.15) is 31.0 Å². The van der Waals surface area contributed by atoms with Crippen LogP contribution in [0, 0.1) is 24.7 Å². The molecule has 0 unspecified atom stereocenters. The van der Waals surface area contributed by atoms with E-state index in [0.29, 0.717) is 17.8 Å². The summed E-state index contributed by atoms with van der Waals surface area (Å²) in [7, 11) is 0. The Morgan fingerprint density at radius 3 is 2.53 bits per heavy atom. The van der Waals surface area contributed by atoms with Gasteiger partial charge in [-0.15, -0.1) is 0 Å². The molecule has 0 saturated carbocycles. The molecule has 0 spiro atoms. The van der Waals surface area contributed by atoms with Crippen molar-refractivity contribution in [3.63, 3.8) is 0 Å². The van der Waals surface area contributed by atoms with Gasteiger partial charge in [-0.05, 0) is 55.4 Å². The van der Waals surface area contributed by atoms with Crippen LogP contribution in [0.15, 0.2) is 48.7 Å². The number of nitrogens with zero attached hydrogens (tertiary/aromatic N) is 3. The molecule has 0 aliphatic carbocycles. The summed E-state index contributed by atoms with van der Waals surface area (Å²) in [6.07, 6.45) is 4.15. The number of aryl methyl sites for hydroxylation is 1. The molecule has 3 heterocycles. The van der Waals surface area contributed by atoms with Crippen molar-refractivity contribution in [1.29, 1.82) is 0 Å². The number of para-hydroxylation sites is 1. The van der Waals surface area contributed by atoms with Gasteiger partial charge < -0.3 is 9.64 Å². The van der Waals surface area contributed by atoms with Crippen LogP contribution >= 0.6 is 0 Å². The predicted octanol–water partition coefficient (Wildman–Crippen LogP) is 3.78. The molecule has 0 bridgehead atoms. The number of hydrogen-bond acceptors (Lipinski definition) is 4. The third-order valence-electron chi connectivity index (χ3n) is 6.72. The molecule has 2 aromatic rings. The molecular formula is C25H33N3O2. The minimum Gasteiger partial charge on any atom is -0.493 e. The molecule has 2 atom stereocenters. The van der Waals surface area contributed by atoms with Crippen LogP contribution in [0.5, 0.6) is 5.75 Å². The number of rotatable bonds is 6. The smallest absolute Gasteiger partial charge is 0.219 e.